The Morgan fingerprint density at radius 2 is 2.36 bits per heavy atom. The lowest BCUT2D eigenvalue weighted by Gasteiger charge is -2.35. The molecule has 2 unspecified atom stereocenters. The fourth-order valence-electron chi connectivity index (χ4n) is 1.62. The van der Waals surface area contributed by atoms with E-state index in [9.17, 15) is 9.90 Å². The van der Waals surface area contributed by atoms with Gasteiger partial charge in [-0.2, -0.15) is 0 Å². The maximum absolute atomic E-state index is 11.4. The summed E-state index contributed by atoms with van der Waals surface area (Å²) in [6.45, 7) is 0.831. The normalized spacial score (nSPS) is 27.1. The molecule has 0 aromatic carbocycles. The van der Waals surface area contributed by atoms with Crippen molar-refractivity contribution in [1.82, 2.24) is 4.90 Å². The van der Waals surface area contributed by atoms with E-state index in [-0.39, 0.29) is 24.9 Å². The number of piperidine rings is 1. The molecule has 0 bridgehead atoms. The third-order valence-electron chi connectivity index (χ3n) is 2.53. The van der Waals surface area contributed by atoms with Crippen LogP contribution in [0.2, 0.25) is 0 Å². The number of carbonyl (C=O) groups is 1. The molecule has 1 aliphatic heterocycles. The standard InChI is InChI=1S/C10H15NO3/c1-2-3-10(14)11-5-4-9(13)8(6-11)7-12/h1,8-9,12-13H,3-7H2. The molecule has 4 nitrogen and oxygen atoms in total. The van der Waals surface area contributed by atoms with Crippen LogP contribution in [-0.2, 0) is 4.79 Å². The number of rotatable bonds is 2. The molecule has 0 spiro atoms. The van der Waals surface area contributed by atoms with Crippen molar-refractivity contribution in [2.45, 2.75) is 18.9 Å². The summed E-state index contributed by atoms with van der Waals surface area (Å²) in [6, 6.07) is 0. The predicted octanol–water partition coefficient (Wildman–Crippen LogP) is -0.789. The maximum atomic E-state index is 11.4. The number of aliphatic hydroxyl groups is 2. The van der Waals surface area contributed by atoms with Gasteiger partial charge >= 0.3 is 0 Å². The molecule has 1 amide bonds. The molecule has 0 saturated carbocycles. The number of likely N-dealkylation sites (tertiary alicyclic amines) is 1. The number of nitrogens with zero attached hydrogens (tertiary/aromatic N) is 1. The number of aliphatic hydroxyl groups excluding tert-OH is 2. The van der Waals surface area contributed by atoms with Gasteiger partial charge in [0.05, 0.1) is 19.1 Å². The van der Waals surface area contributed by atoms with E-state index in [1.54, 1.807) is 4.90 Å². The van der Waals surface area contributed by atoms with Crippen LogP contribution in [0.5, 0.6) is 0 Å². The Morgan fingerprint density at radius 3 is 2.93 bits per heavy atom. The van der Waals surface area contributed by atoms with E-state index in [4.69, 9.17) is 11.5 Å². The van der Waals surface area contributed by atoms with Gasteiger partial charge in [0.15, 0.2) is 0 Å². The Morgan fingerprint density at radius 1 is 1.64 bits per heavy atom. The largest absolute Gasteiger partial charge is 0.396 e. The van der Waals surface area contributed by atoms with Crippen molar-refractivity contribution in [3.63, 3.8) is 0 Å². The monoisotopic (exact) mass is 197 g/mol. The first-order valence-corrected chi connectivity index (χ1v) is 4.69. The average Bonchev–Trinajstić information content (AvgIpc) is 2.19. The molecular formula is C10H15NO3. The van der Waals surface area contributed by atoms with Crippen LogP contribution in [0.15, 0.2) is 0 Å². The molecule has 1 rings (SSSR count). The number of hydrogen-bond donors (Lipinski definition) is 2. The van der Waals surface area contributed by atoms with Crippen LogP contribution in [0, 0.1) is 18.3 Å². The molecule has 78 valence electrons. The second kappa shape index (κ2) is 4.99. The zero-order valence-electron chi connectivity index (χ0n) is 8.02. The van der Waals surface area contributed by atoms with Gasteiger partial charge in [0.25, 0.3) is 0 Å². The predicted molar refractivity (Wildman–Crippen MR) is 51.2 cm³/mol. The van der Waals surface area contributed by atoms with Gasteiger partial charge in [0.2, 0.25) is 5.91 Å². The quantitative estimate of drug-likeness (QED) is 0.570. The first-order chi connectivity index (χ1) is 6.69. The Hall–Kier alpha value is -1.05. The molecule has 0 aliphatic carbocycles. The van der Waals surface area contributed by atoms with Crippen LogP contribution in [-0.4, -0.2) is 46.8 Å². The highest BCUT2D eigenvalue weighted by Gasteiger charge is 2.29. The van der Waals surface area contributed by atoms with Crippen molar-refractivity contribution in [3.05, 3.63) is 0 Å². The van der Waals surface area contributed by atoms with Gasteiger partial charge in [-0.05, 0) is 6.42 Å². The zero-order chi connectivity index (χ0) is 10.6. The minimum absolute atomic E-state index is 0.0915. The summed E-state index contributed by atoms with van der Waals surface area (Å²) < 4.78 is 0. The fraction of sp³-hybridized carbons (Fsp3) is 0.700. The summed E-state index contributed by atoms with van der Waals surface area (Å²) in [5.74, 6) is 1.96. The first-order valence-electron chi connectivity index (χ1n) is 4.69. The van der Waals surface area contributed by atoms with E-state index in [1.807, 2.05) is 0 Å². The van der Waals surface area contributed by atoms with Crippen molar-refractivity contribution >= 4 is 5.91 Å². The van der Waals surface area contributed by atoms with Crippen LogP contribution in [0.1, 0.15) is 12.8 Å². The molecule has 1 heterocycles. The van der Waals surface area contributed by atoms with E-state index >= 15 is 0 Å². The van der Waals surface area contributed by atoms with E-state index in [0.717, 1.165) is 0 Å². The lowest BCUT2D eigenvalue weighted by molar-refractivity contribution is -0.134. The Labute approximate surface area is 83.5 Å². The van der Waals surface area contributed by atoms with E-state index in [1.165, 1.54) is 0 Å². The highest BCUT2D eigenvalue weighted by Crippen LogP contribution is 2.17. The van der Waals surface area contributed by atoms with Gasteiger partial charge in [-0.15, -0.1) is 6.42 Å². The minimum atomic E-state index is -0.505. The number of carbonyl (C=O) groups excluding carboxylic acids is 1. The highest BCUT2D eigenvalue weighted by atomic mass is 16.3. The third kappa shape index (κ3) is 2.47. The molecule has 0 aromatic rings. The Balaban J connectivity index is 2.50. The zero-order valence-corrected chi connectivity index (χ0v) is 8.02. The van der Waals surface area contributed by atoms with E-state index in [2.05, 4.69) is 5.92 Å². The molecule has 2 N–H and O–H groups in total. The van der Waals surface area contributed by atoms with Crippen LogP contribution >= 0.6 is 0 Å². The maximum Gasteiger partial charge on any atom is 0.234 e. The second-order valence-electron chi connectivity index (χ2n) is 3.52. The van der Waals surface area contributed by atoms with Crippen LogP contribution in [0.3, 0.4) is 0 Å². The fourth-order valence-corrected chi connectivity index (χ4v) is 1.62. The van der Waals surface area contributed by atoms with Crippen molar-refractivity contribution < 1.29 is 15.0 Å². The third-order valence-corrected chi connectivity index (χ3v) is 2.53. The Bertz CT molecular complexity index is 246. The summed E-state index contributed by atoms with van der Waals surface area (Å²) >= 11 is 0. The smallest absolute Gasteiger partial charge is 0.234 e. The first kappa shape index (κ1) is 11.0. The molecule has 2 atom stereocenters. The molecule has 1 fully saturated rings. The number of terminal acetylenes is 1. The summed E-state index contributed by atoms with van der Waals surface area (Å²) in [5.41, 5.74) is 0. The summed E-state index contributed by atoms with van der Waals surface area (Å²) in [5, 5.41) is 18.4. The van der Waals surface area contributed by atoms with Gasteiger partial charge in [-0.1, -0.05) is 5.92 Å². The Kier molecular flexibility index (Phi) is 3.93. The highest BCUT2D eigenvalue weighted by molar-refractivity contribution is 5.78. The molecule has 4 heteroatoms. The number of amides is 1. The van der Waals surface area contributed by atoms with Crippen molar-refractivity contribution in [1.29, 1.82) is 0 Å². The van der Waals surface area contributed by atoms with Gasteiger partial charge in [-0.25, -0.2) is 0 Å². The molecule has 0 aromatic heterocycles. The minimum Gasteiger partial charge on any atom is -0.396 e. The summed E-state index contributed by atoms with van der Waals surface area (Å²) in [6.07, 6.45) is 5.14. The molecule has 0 radical (unpaired) electrons. The summed E-state index contributed by atoms with van der Waals surface area (Å²) in [7, 11) is 0. The summed E-state index contributed by atoms with van der Waals surface area (Å²) in [4.78, 5) is 13.0. The molecule has 14 heavy (non-hydrogen) atoms. The van der Waals surface area contributed by atoms with Crippen molar-refractivity contribution in [2.75, 3.05) is 19.7 Å². The molecular weight excluding hydrogens is 182 g/mol. The molecule has 1 aliphatic rings. The van der Waals surface area contributed by atoms with Crippen molar-refractivity contribution in [3.8, 4) is 12.3 Å². The van der Waals surface area contributed by atoms with Gasteiger partial charge in [0.1, 0.15) is 0 Å². The second-order valence-corrected chi connectivity index (χ2v) is 3.52. The molecule has 1 saturated heterocycles. The van der Waals surface area contributed by atoms with Crippen molar-refractivity contribution in [2.24, 2.45) is 5.92 Å². The van der Waals surface area contributed by atoms with Crippen LogP contribution in [0.25, 0.3) is 0 Å². The van der Waals surface area contributed by atoms with Gasteiger partial charge in [-0.3, -0.25) is 4.79 Å². The van der Waals surface area contributed by atoms with E-state index in [0.29, 0.717) is 19.5 Å². The lowest BCUT2D eigenvalue weighted by Crippen LogP contribution is -2.47. The van der Waals surface area contributed by atoms with Crippen LogP contribution < -0.4 is 0 Å². The topological polar surface area (TPSA) is 60.8 Å². The van der Waals surface area contributed by atoms with Crippen LogP contribution in [0.4, 0.5) is 0 Å². The van der Waals surface area contributed by atoms with Gasteiger partial charge in [0, 0.05) is 19.0 Å². The lowest BCUT2D eigenvalue weighted by atomic mass is 9.95. The van der Waals surface area contributed by atoms with E-state index < -0.39 is 6.10 Å². The number of hydrogen-bond acceptors (Lipinski definition) is 3. The van der Waals surface area contributed by atoms with Gasteiger partial charge < -0.3 is 15.1 Å². The SMILES string of the molecule is C#CCC(=O)N1CCC(O)C(CO)C1. The average molecular weight is 197 g/mol.